The molecule has 1 aromatic carbocycles. The summed E-state index contributed by atoms with van der Waals surface area (Å²) < 4.78 is 6.11. The van der Waals surface area contributed by atoms with E-state index in [0.717, 1.165) is 16.7 Å². The van der Waals surface area contributed by atoms with E-state index in [1.165, 1.54) is 4.90 Å². The molecule has 2 amide bonds. The predicted octanol–water partition coefficient (Wildman–Crippen LogP) is 4.82. The van der Waals surface area contributed by atoms with E-state index in [4.69, 9.17) is 16.3 Å². The van der Waals surface area contributed by atoms with Crippen molar-refractivity contribution >= 4 is 45.1 Å². The molecule has 6 nitrogen and oxygen atoms in total. The maximum atomic E-state index is 13.0. The van der Waals surface area contributed by atoms with Crippen LogP contribution >= 0.6 is 27.5 Å². The number of hydrogen-bond donors (Lipinski definition) is 1. The molecule has 0 saturated heterocycles. The molecule has 158 valence electrons. The first-order chi connectivity index (χ1) is 14.1. The minimum absolute atomic E-state index is 0.165. The molecule has 0 unspecified atom stereocenters. The molecule has 2 aromatic rings. The van der Waals surface area contributed by atoms with Crippen LogP contribution in [0.3, 0.4) is 0 Å². The zero-order valence-electron chi connectivity index (χ0n) is 17.0. The van der Waals surface area contributed by atoms with Crippen LogP contribution in [0.25, 0.3) is 5.57 Å². The number of hydrogen-bond acceptors (Lipinski definition) is 4. The lowest BCUT2D eigenvalue weighted by Gasteiger charge is -2.24. The van der Waals surface area contributed by atoms with Crippen molar-refractivity contribution in [3.05, 3.63) is 68.9 Å². The summed E-state index contributed by atoms with van der Waals surface area (Å²) in [6.07, 6.45) is 1.20. The molecular weight excluding hydrogens is 470 g/mol. The van der Waals surface area contributed by atoms with E-state index in [9.17, 15) is 9.59 Å². The van der Waals surface area contributed by atoms with Crippen LogP contribution in [0.5, 0.6) is 0 Å². The average molecular weight is 493 g/mol. The van der Waals surface area contributed by atoms with Gasteiger partial charge in [0.15, 0.2) is 0 Å². The Kier molecular flexibility index (Phi) is 6.83. The van der Waals surface area contributed by atoms with Gasteiger partial charge in [-0.3, -0.25) is 9.69 Å². The van der Waals surface area contributed by atoms with Crippen molar-refractivity contribution in [1.82, 2.24) is 15.2 Å². The number of halogens is 2. The Bertz CT molecular complexity index is 984. The van der Waals surface area contributed by atoms with Gasteiger partial charge in [0.1, 0.15) is 10.2 Å². The van der Waals surface area contributed by atoms with E-state index < -0.39 is 11.7 Å². The Labute approximate surface area is 189 Å². The number of benzene rings is 1. The van der Waals surface area contributed by atoms with Gasteiger partial charge in [-0.1, -0.05) is 29.8 Å². The average Bonchev–Trinajstić information content (AvgIpc) is 3.12. The van der Waals surface area contributed by atoms with E-state index in [0.29, 0.717) is 21.7 Å². The van der Waals surface area contributed by atoms with Gasteiger partial charge in [0.2, 0.25) is 5.91 Å². The largest absolute Gasteiger partial charge is 0.444 e. The minimum atomic E-state index is -0.619. The highest BCUT2D eigenvalue weighted by Gasteiger charge is 2.33. The van der Waals surface area contributed by atoms with Crippen LogP contribution in [0.4, 0.5) is 4.79 Å². The lowest BCUT2D eigenvalue weighted by molar-refractivity contribution is -0.117. The molecule has 1 aliphatic heterocycles. The standard InChI is InChI=1S/C22H23BrClN3O3/c1-22(2,3)30-21(29)27-12-17(16-5-4-10-25-19(16)23)18(13-27)20(28)26-11-14-6-8-15(24)9-7-14/h4-10H,11-13H2,1-3H3,(H,26,28). The molecule has 30 heavy (non-hydrogen) atoms. The maximum Gasteiger partial charge on any atom is 0.410 e. The quantitative estimate of drug-likeness (QED) is 0.621. The first-order valence-electron chi connectivity index (χ1n) is 9.47. The number of carbonyl (C=O) groups is 2. The number of carbonyl (C=O) groups excluding carboxylic acids is 2. The monoisotopic (exact) mass is 491 g/mol. The van der Waals surface area contributed by atoms with E-state index in [1.807, 2.05) is 39.0 Å². The highest BCUT2D eigenvalue weighted by molar-refractivity contribution is 9.10. The van der Waals surface area contributed by atoms with Crippen molar-refractivity contribution in [2.24, 2.45) is 0 Å². The Hall–Kier alpha value is -2.38. The minimum Gasteiger partial charge on any atom is -0.444 e. The molecule has 0 aliphatic carbocycles. The Morgan fingerprint density at radius 2 is 1.90 bits per heavy atom. The van der Waals surface area contributed by atoms with Gasteiger partial charge in [0.25, 0.3) is 0 Å². The van der Waals surface area contributed by atoms with Crippen molar-refractivity contribution in [1.29, 1.82) is 0 Å². The first-order valence-corrected chi connectivity index (χ1v) is 10.6. The normalized spacial score (nSPS) is 14.1. The molecule has 0 spiro atoms. The van der Waals surface area contributed by atoms with Crippen molar-refractivity contribution in [2.75, 3.05) is 13.1 Å². The highest BCUT2D eigenvalue weighted by atomic mass is 79.9. The number of rotatable bonds is 4. The van der Waals surface area contributed by atoms with Crippen molar-refractivity contribution in [3.63, 3.8) is 0 Å². The Morgan fingerprint density at radius 3 is 2.53 bits per heavy atom. The molecule has 0 fully saturated rings. The summed E-state index contributed by atoms with van der Waals surface area (Å²) in [5, 5.41) is 3.57. The molecule has 1 aromatic heterocycles. The molecule has 1 aliphatic rings. The summed E-state index contributed by atoms with van der Waals surface area (Å²) in [6, 6.07) is 10.9. The molecule has 3 rings (SSSR count). The van der Waals surface area contributed by atoms with E-state index in [-0.39, 0.29) is 19.0 Å². The molecule has 0 saturated carbocycles. The van der Waals surface area contributed by atoms with Crippen LogP contribution in [0, 0.1) is 0 Å². The van der Waals surface area contributed by atoms with Crippen molar-refractivity contribution < 1.29 is 14.3 Å². The number of amides is 2. The van der Waals surface area contributed by atoms with Gasteiger partial charge in [-0.25, -0.2) is 9.78 Å². The molecular formula is C22H23BrClN3O3. The zero-order chi connectivity index (χ0) is 21.9. The summed E-state index contributed by atoms with van der Waals surface area (Å²) in [4.78, 5) is 31.4. The Balaban J connectivity index is 1.83. The molecule has 2 heterocycles. The van der Waals surface area contributed by atoms with Crippen LogP contribution in [-0.4, -0.2) is 40.6 Å². The summed E-state index contributed by atoms with van der Waals surface area (Å²) in [6.45, 7) is 6.22. The molecule has 0 atom stereocenters. The number of pyridine rings is 1. The number of nitrogens with one attached hydrogen (secondary N) is 1. The zero-order valence-corrected chi connectivity index (χ0v) is 19.4. The topological polar surface area (TPSA) is 71.5 Å². The molecule has 0 bridgehead atoms. The van der Waals surface area contributed by atoms with E-state index in [1.54, 1.807) is 24.4 Å². The first kappa shape index (κ1) is 22.3. The SMILES string of the molecule is CC(C)(C)OC(=O)N1CC(C(=O)NCc2ccc(Cl)cc2)=C(c2cccnc2Br)C1. The van der Waals surface area contributed by atoms with E-state index >= 15 is 0 Å². The lowest BCUT2D eigenvalue weighted by Crippen LogP contribution is -2.36. The van der Waals surface area contributed by atoms with Crippen LogP contribution in [-0.2, 0) is 16.1 Å². The van der Waals surface area contributed by atoms with Gasteiger partial charge in [0, 0.05) is 28.9 Å². The summed E-state index contributed by atoms with van der Waals surface area (Å²) in [7, 11) is 0. The van der Waals surface area contributed by atoms with Gasteiger partial charge in [-0.05, 0) is 66.0 Å². The fourth-order valence-electron chi connectivity index (χ4n) is 3.04. The number of ether oxygens (including phenoxy) is 1. The summed E-state index contributed by atoms with van der Waals surface area (Å²) >= 11 is 9.36. The van der Waals surface area contributed by atoms with Crippen LogP contribution in [0.2, 0.25) is 5.02 Å². The second-order valence-corrected chi connectivity index (χ2v) is 9.13. The van der Waals surface area contributed by atoms with Gasteiger partial charge in [0.05, 0.1) is 13.1 Å². The van der Waals surface area contributed by atoms with E-state index in [2.05, 4.69) is 26.2 Å². The fourth-order valence-corrected chi connectivity index (χ4v) is 3.66. The van der Waals surface area contributed by atoms with Gasteiger partial charge >= 0.3 is 6.09 Å². The predicted molar refractivity (Wildman–Crippen MR) is 120 cm³/mol. The fraction of sp³-hybridized carbons (Fsp3) is 0.318. The number of aromatic nitrogens is 1. The third-order valence-corrected chi connectivity index (χ3v) is 5.32. The highest BCUT2D eigenvalue weighted by Crippen LogP contribution is 2.31. The van der Waals surface area contributed by atoms with Crippen LogP contribution < -0.4 is 5.32 Å². The summed E-state index contributed by atoms with van der Waals surface area (Å²) in [5.41, 5.74) is 2.35. The van der Waals surface area contributed by atoms with Crippen molar-refractivity contribution in [3.8, 4) is 0 Å². The number of nitrogens with zero attached hydrogens (tertiary/aromatic N) is 2. The third-order valence-electron chi connectivity index (χ3n) is 4.44. The van der Waals surface area contributed by atoms with Gasteiger partial charge in [-0.2, -0.15) is 0 Å². The second kappa shape index (κ2) is 9.18. The van der Waals surface area contributed by atoms with Crippen LogP contribution in [0.1, 0.15) is 31.9 Å². The van der Waals surface area contributed by atoms with Crippen LogP contribution in [0.15, 0.2) is 52.8 Å². The Morgan fingerprint density at radius 1 is 1.20 bits per heavy atom. The molecule has 8 heteroatoms. The maximum absolute atomic E-state index is 13.0. The second-order valence-electron chi connectivity index (χ2n) is 7.94. The summed E-state index contributed by atoms with van der Waals surface area (Å²) in [5.74, 6) is -0.234. The third kappa shape index (κ3) is 5.61. The van der Waals surface area contributed by atoms with Gasteiger partial charge < -0.3 is 10.1 Å². The molecule has 0 radical (unpaired) electrons. The lowest BCUT2D eigenvalue weighted by atomic mass is 10.0. The van der Waals surface area contributed by atoms with Crippen molar-refractivity contribution in [2.45, 2.75) is 32.9 Å². The van der Waals surface area contributed by atoms with Gasteiger partial charge in [-0.15, -0.1) is 0 Å². The smallest absolute Gasteiger partial charge is 0.410 e. The molecule has 1 N–H and O–H groups in total.